The molecule has 0 aromatic heterocycles. The molecule has 0 amide bonds. The maximum Gasteiger partial charge on any atom is 0.124 e. The van der Waals surface area contributed by atoms with Crippen LogP contribution in [-0.4, -0.2) is 25.8 Å². The fraction of sp³-hybridized carbons (Fsp3) is 0.167. The lowest BCUT2D eigenvalue weighted by Gasteiger charge is -2.19. The van der Waals surface area contributed by atoms with Crippen LogP contribution in [-0.2, 0) is 0 Å². The van der Waals surface area contributed by atoms with E-state index in [0.29, 0.717) is 10.8 Å². The van der Waals surface area contributed by atoms with E-state index in [1.54, 1.807) is 24.3 Å². The molecule has 0 spiro atoms. The SMILES string of the molecule is C.CN.Oc1cc(S(O)(O)O)cc2ccccc12. The molecule has 0 saturated heterocycles. The summed E-state index contributed by atoms with van der Waals surface area (Å²) in [6, 6.07) is 9.52. The molecule has 0 fully saturated rings. The Morgan fingerprint density at radius 3 is 2.11 bits per heavy atom. The van der Waals surface area contributed by atoms with E-state index in [0.717, 1.165) is 6.07 Å². The van der Waals surface area contributed by atoms with E-state index in [1.807, 2.05) is 0 Å². The highest BCUT2D eigenvalue weighted by molar-refractivity contribution is 8.19. The standard InChI is InChI=1S/C10H10O4S.CH5N.CH4/c11-10-6-8(15(12,13)14)5-7-3-1-2-4-9(7)10;1-2;/h1-6,11-14H;2H2,1H3;1H4. The Labute approximate surface area is 108 Å². The molecule has 2 aromatic rings. The van der Waals surface area contributed by atoms with Gasteiger partial charge < -0.3 is 24.5 Å². The molecule has 0 aliphatic rings. The number of nitrogens with two attached hydrogens (primary N) is 1. The Hall–Kier alpha value is -1.31. The number of fused-ring (bicyclic) bond motifs is 1. The summed E-state index contributed by atoms with van der Waals surface area (Å²) in [6.45, 7) is 0. The molecule has 0 bridgehead atoms. The van der Waals surface area contributed by atoms with E-state index in [4.69, 9.17) is 13.7 Å². The molecule has 6 heteroatoms. The Kier molecular flexibility index (Phi) is 6.10. The highest BCUT2D eigenvalue weighted by Crippen LogP contribution is 2.46. The molecule has 6 N–H and O–H groups in total. The van der Waals surface area contributed by atoms with Crippen molar-refractivity contribution >= 4 is 21.6 Å². The van der Waals surface area contributed by atoms with Gasteiger partial charge in [-0.2, -0.15) is 0 Å². The molecule has 0 atom stereocenters. The minimum absolute atomic E-state index is 0. The van der Waals surface area contributed by atoms with E-state index in [-0.39, 0.29) is 18.1 Å². The zero-order chi connectivity index (χ0) is 13.1. The summed E-state index contributed by atoms with van der Waals surface area (Å²) < 4.78 is 27.2. The van der Waals surface area contributed by atoms with Crippen molar-refractivity contribution in [1.29, 1.82) is 0 Å². The zero-order valence-electron chi connectivity index (χ0n) is 9.24. The summed E-state index contributed by atoms with van der Waals surface area (Å²) in [5.74, 6) is -0.0860. The average Bonchev–Trinajstić information content (AvgIpc) is 2.30. The van der Waals surface area contributed by atoms with Gasteiger partial charge in [-0.05, 0) is 24.6 Å². The first-order valence-electron chi connectivity index (χ1n) is 4.78. The van der Waals surface area contributed by atoms with Crippen LogP contribution in [0.15, 0.2) is 41.3 Å². The second-order valence-corrected chi connectivity index (χ2v) is 4.69. The lowest BCUT2D eigenvalue weighted by atomic mass is 10.1. The van der Waals surface area contributed by atoms with E-state index >= 15 is 0 Å². The van der Waals surface area contributed by atoms with Gasteiger partial charge in [-0.15, -0.1) is 0 Å². The number of phenols is 1. The van der Waals surface area contributed by atoms with Gasteiger partial charge in [0.25, 0.3) is 0 Å². The molecule has 0 unspecified atom stereocenters. The minimum atomic E-state index is -3.78. The topological polar surface area (TPSA) is 107 Å². The molecule has 0 aliphatic carbocycles. The van der Waals surface area contributed by atoms with E-state index in [2.05, 4.69) is 5.73 Å². The van der Waals surface area contributed by atoms with Crippen LogP contribution in [0.25, 0.3) is 10.8 Å². The van der Waals surface area contributed by atoms with Crippen LogP contribution in [0.5, 0.6) is 5.75 Å². The van der Waals surface area contributed by atoms with Gasteiger partial charge in [-0.25, -0.2) is 0 Å². The summed E-state index contributed by atoms with van der Waals surface area (Å²) in [5, 5.41) is 10.8. The molecule has 2 aromatic carbocycles. The molecular weight excluding hydrogens is 254 g/mol. The highest BCUT2D eigenvalue weighted by atomic mass is 32.3. The fourth-order valence-electron chi connectivity index (χ4n) is 1.42. The summed E-state index contributed by atoms with van der Waals surface area (Å²) >= 11 is 0. The second-order valence-electron chi connectivity index (χ2n) is 3.18. The van der Waals surface area contributed by atoms with Crippen LogP contribution in [0.4, 0.5) is 0 Å². The number of hydrogen-bond donors (Lipinski definition) is 5. The third-order valence-corrected chi connectivity index (χ3v) is 3.00. The largest absolute Gasteiger partial charge is 0.507 e. The number of rotatable bonds is 1. The summed E-state index contributed by atoms with van der Waals surface area (Å²) in [6.07, 6.45) is 0. The van der Waals surface area contributed by atoms with Crippen molar-refractivity contribution in [2.24, 2.45) is 5.73 Å². The number of hydrogen-bond acceptors (Lipinski definition) is 5. The Balaban J connectivity index is 0.000000917. The van der Waals surface area contributed by atoms with Gasteiger partial charge in [0.15, 0.2) is 0 Å². The van der Waals surface area contributed by atoms with E-state index in [9.17, 15) is 5.11 Å². The third-order valence-electron chi connectivity index (χ3n) is 2.13. The van der Waals surface area contributed by atoms with Crippen molar-refractivity contribution in [3.63, 3.8) is 0 Å². The quantitative estimate of drug-likeness (QED) is 0.548. The Bertz CT molecular complexity index is 511. The monoisotopic (exact) mass is 273 g/mol. The van der Waals surface area contributed by atoms with Crippen LogP contribution in [0.3, 0.4) is 0 Å². The summed E-state index contributed by atoms with van der Waals surface area (Å²) in [5.41, 5.74) is 4.50. The Morgan fingerprint density at radius 1 is 1.00 bits per heavy atom. The van der Waals surface area contributed by atoms with Crippen molar-refractivity contribution in [3.8, 4) is 5.75 Å². The molecule has 2 rings (SSSR count). The van der Waals surface area contributed by atoms with Gasteiger partial charge in [-0.3, -0.25) is 0 Å². The van der Waals surface area contributed by atoms with E-state index in [1.165, 1.54) is 13.1 Å². The molecule has 0 aliphatic heterocycles. The lowest BCUT2D eigenvalue weighted by molar-refractivity contribution is 0.375. The number of benzene rings is 2. The van der Waals surface area contributed by atoms with Gasteiger partial charge in [-0.1, -0.05) is 31.7 Å². The highest BCUT2D eigenvalue weighted by Gasteiger charge is 2.17. The van der Waals surface area contributed by atoms with Crippen molar-refractivity contribution in [2.45, 2.75) is 12.3 Å². The maximum atomic E-state index is 9.60. The van der Waals surface area contributed by atoms with Crippen LogP contribution in [0.1, 0.15) is 7.43 Å². The molecule has 0 saturated carbocycles. The van der Waals surface area contributed by atoms with Crippen molar-refractivity contribution < 1.29 is 18.8 Å². The van der Waals surface area contributed by atoms with Crippen LogP contribution < -0.4 is 5.73 Å². The first kappa shape index (κ1) is 16.7. The molecule has 0 heterocycles. The normalized spacial score (nSPS) is 11.2. The number of aromatic hydroxyl groups is 1. The fourth-order valence-corrected chi connectivity index (χ4v) is 1.98. The maximum absolute atomic E-state index is 9.60. The summed E-state index contributed by atoms with van der Waals surface area (Å²) in [7, 11) is -2.28. The smallest absolute Gasteiger partial charge is 0.124 e. The predicted molar refractivity (Wildman–Crippen MR) is 76.2 cm³/mol. The Morgan fingerprint density at radius 2 is 1.56 bits per heavy atom. The minimum Gasteiger partial charge on any atom is -0.507 e. The molecule has 0 radical (unpaired) electrons. The first-order valence-corrected chi connectivity index (χ1v) is 6.29. The molecule has 102 valence electrons. The molecule has 18 heavy (non-hydrogen) atoms. The lowest BCUT2D eigenvalue weighted by Crippen LogP contribution is -1.95. The van der Waals surface area contributed by atoms with Crippen molar-refractivity contribution in [1.82, 2.24) is 0 Å². The van der Waals surface area contributed by atoms with Crippen LogP contribution in [0.2, 0.25) is 0 Å². The molecular formula is C12H19NO4S. The van der Waals surface area contributed by atoms with E-state index < -0.39 is 10.9 Å². The second kappa shape index (κ2) is 6.58. The predicted octanol–water partition coefficient (Wildman–Crippen LogP) is 3.34. The van der Waals surface area contributed by atoms with Gasteiger partial charge in [0.1, 0.15) is 16.6 Å². The van der Waals surface area contributed by atoms with Crippen molar-refractivity contribution in [2.75, 3.05) is 7.05 Å². The average molecular weight is 273 g/mol. The van der Waals surface area contributed by atoms with Gasteiger partial charge in [0.05, 0.1) is 4.90 Å². The van der Waals surface area contributed by atoms with Gasteiger partial charge in [0.2, 0.25) is 0 Å². The number of phenolic OH excluding ortho intramolecular Hbond substituents is 1. The zero-order valence-corrected chi connectivity index (χ0v) is 10.1. The molecule has 5 nitrogen and oxygen atoms in total. The van der Waals surface area contributed by atoms with Gasteiger partial charge in [0, 0.05) is 5.39 Å². The van der Waals surface area contributed by atoms with Crippen molar-refractivity contribution in [3.05, 3.63) is 36.4 Å². The summed E-state index contributed by atoms with van der Waals surface area (Å²) in [4.78, 5) is -0.0845. The third kappa shape index (κ3) is 3.59. The first-order chi connectivity index (χ1) is 7.98. The van der Waals surface area contributed by atoms with Crippen LogP contribution >= 0.6 is 10.9 Å². The van der Waals surface area contributed by atoms with Gasteiger partial charge >= 0.3 is 0 Å². The van der Waals surface area contributed by atoms with Crippen LogP contribution in [0, 0.1) is 0 Å².